The molecule has 6 nitrogen and oxygen atoms in total. The highest BCUT2D eigenvalue weighted by Gasteiger charge is 2.41. The Balaban J connectivity index is 1.58. The summed E-state index contributed by atoms with van der Waals surface area (Å²) in [5.74, 6) is 6.05. The highest BCUT2D eigenvalue weighted by atomic mass is 32.1. The van der Waals surface area contributed by atoms with Crippen LogP contribution in [-0.4, -0.2) is 54.4 Å². The molecule has 0 saturated carbocycles. The van der Waals surface area contributed by atoms with E-state index in [1.54, 1.807) is 11.2 Å². The van der Waals surface area contributed by atoms with Gasteiger partial charge in [0.15, 0.2) is 0 Å². The Bertz CT molecular complexity index is 693. The fourth-order valence-electron chi connectivity index (χ4n) is 4.23. The number of hydrogen-bond donors (Lipinski definition) is 3. The molecule has 7 heteroatoms. The maximum absolute atomic E-state index is 9.39. The van der Waals surface area contributed by atoms with Gasteiger partial charge in [-0.2, -0.15) is 0 Å². The number of fused-ring (bicyclic) bond motifs is 2. The highest BCUT2D eigenvalue weighted by Crippen LogP contribution is 2.44. The van der Waals surface area contributed by atoms with Gasteiger partial charge < -0.3 is 20.6 Å². The van der Waals surface area contributed by atoms with Crippen molar-refractivity contribution in [1.29, 1.82) is 0 Å². The van der Waals surface area contributed by atoms with Crippen molar-refractivity contribution in [1.82, 2.24) is 9.91 Å². The SMILES string of the molecule is CCc1cc2c(s1)CCOC21CCN(C/C(N)=C/N(N)CC(C)(C)CO)CC1. The topological polar surface area (TPSA) is 88.0 Å². The largest absolute Gasteiger partial charge is 0.400 e. The molecule has 5 N–H and O–H groups in total. The molecule has 1 aromatic rings. The molecular formula is C21H36N4O2S. The summed E-state index contributed by atoms with van der Waals surface area (Å²) < 4.78 is 6.36. The first-order valence-corrected chi connectivity index (χ1v) is 11.2. The van der Waals surface area contributed by atoms with Gasteiger partial charge in [-0.3, -0.25) is 4.90 Å². The van der Waals surface area contributed by atoms with Gasteiger partial charge in [0.05, 0.1) is 12.2 Å². The van der Waals surface area contributed by atoms with Crippen LogP contribution in [0.25, 0.3) is 0 Å². The second-order valence-corrected chi connectivity index (χ2v) is 10.2. The molecule has 3 heterocycles. The van der Waals surface area contributed by atoms with Gasteiger partial charge in [0.2, 0.25) is 0 Å². The predicted octanol–water partition coefficient (Wildman–Crippen LogP) is 2.17. The van der Waals surface area contributed by atoms with Crippen LogP contribution < -0.4 is 11.6 Å². The zero-order valence-electron chi connectivity index (χ0n) is 17.5. The molecular weight excluding hydrogens is 372 g/mol. The Labute approximate surface area is 173 Å². The van der Waals surface area contributed by atoms with Crippen LogP contribution in [0.4, 0.5) is 0 Å². The minimum atomic E-state index is -0.253. The zero-order chi connectivity index (χ0) is 20.4. The summed E-state index contributed by atoms with van der Waals surface area (Å²) in [6, 6.07) is 2.39. The fourth-order valence-corrected chi connectivity index (χ4v) is 5.41. The van der Waals surface area contributed by atoms with Crippen molar-refractivity contribution < 1.29 is 9.84 Å². The maximum atomic E-state index is 9.39. The Kier molecular flexibility index (Phi) is 6.72. The summed E-state index contributed by atoms with van der Waals surface area (Å²) in [6.45, 7) is 10.3. The van der Waals surface area contributed by atoms with E-state index in [0.717, 1.165) is 51.1 Å². The molecule has 0 amide bonds. The zero-order valence-corrected chi connectivity index (χ0v) is 18.4. The monoisotopic (exact) mass is 408 g/mol. The third kappa shape index (κ3) is 4.89. The third-order valence-corrected chi connectivity index (χ3v) is 7.19. The number of aliphatic hydroxyl groups is 1. The van der Waals surface area contributed by atoms with Gasteiger partial charge in [-0.05, 0) is 30.9 Å². The lowest BCUT2D eigenvalue weighted by molar-refractivity contribution is -0.0961. The third-order valence-electron chi connectivity index (χ3n) is 5.85. The highest BCUT2D eigenvalue weighted by molar-refractivity contribution is 7.12. The first-order chi connectivity index (χ1) is 13.3. The standard InChI is InChI=1S/C21H36N4O2S/c1-4-17-11-18-19(28-17)5-10-27-21(18)6-8-24(9-7-21)12-16(22)13-25(23)14-20(2,3)15-26/h11,13,26H,4-10,12,14-15,22-23H2,1-3H3/b16-13-. The van der Waals surface area contributed by atoms with Crippen LogP contribution in [0, 0.1) is 5.41 Å². The first-order valence-electron chi connectivity index (χ1n) is 10.3. The number of rotatable bonds is 7. The van der Waals surface area contributed by atoms with Gasteiger partial charge in [-0.25, -0.2) is 5.84 Å². The van der Waals surface area contributed by atoms with E-state index >= 15 is 0 Å². The Morgan fingerprint density at radius 1 is 1.43 bits per heavy atom. The molecule has 28 heavy (non-hydrogen) atoms. The first kappa shape index (κ1) is 21.6. The molecule has 0 atom stereocenters. The summed E-state index contributed by atoms with van der Waals surface area (Å²) in [6.07, 6.45) is 5.97. The summed E-state index contributed by atoms with van der Waals surface area (Å²) in [7, 11) is 0. The number of thiophene rings is 1. The number of nitrogens with two attached hydrogens (primary N) is 2. The Morgan fingerprint density at radius 2 is 2.14 bits per heavy atom. The van der Waals surface area contributed by atoms with Crippen molar-refractivity contribution in [3.8, 4) is 0 Å². The van der Waals surface area contributed by atoms with E-state index in [4.69, 9.17) is 16.3 Å². The van der Waals surface area contributed by atoms with Crippen molar-refractivity contribution in [2.24, 2.45) is 17.0 Å². The smallest absolute Gasteiger partial charge is 0.0966 e. The average molecular weight is 409 g/mol. The van der Waals surface area contributed by atoms with Crippen molar-refractivity contribution >= 4 is 11.3 Å². The van der Waals surface area contributed by atoms with Gasteiger partial charge in [0.1, 0.15) is 0 Å². The molecule has 3 rings (SSSR count). The molecule has 0 aromatic carbocycles. The van der Waals surface area contributed by atoms with Crippen LogP contribution in [0.1, 0.15) is 48.9 Å². The number of hydrogen-bond acceptors (Lipinski definition) is 7. The Morgan fingerprint density at radius 3 is 2.79 bits per heavy atom. The van der Waals surface area contributed by atoms with Crippen molar-refractivity contribution in [2.75, 3.05) is 39.4 Å². The van der Waals surface area contributed by atoms with E-state index in [-0.39, 0.29) is 17.6 Å². The lowest BCUT2D eigenvalue weighted by atomic mass is 9.82. The molecule has 0 aliphatic carbocycles. The normalized spacial score (nSPS) is 20.4. The second-order valence-electron chi connectivity index (χ2n) is 8.97. The van der Waals surface area contributed by atoms with Crippen LogP contribution in [0.15, 0.2) is 18.0 Å². The van der Waals surface area contributed by atoms with Crippen molar-refractivity contribution in [3.05, 3.63) is 33.3 Å². The molecule has 0 radical (unpaired) electrons. The van der Waals surface area contributed by atoms with Crippen LogP contribution in [-0.2, 0) is 23.2 Å². The number of piperidine rings is 1. The number of hydrazine groups is 1. The molecule has 2 aliphatic rings. The molecule has 1 saturated heterocycles. The summed E-state index contributed by atoms with van der Waals surface area (Å²) in [5, 5.41) is 11.0. The van der Waals surface area contributed by atoms with Crippen LogP contribution in [0.2, 0.25) is 0 Å². The molecule has 0 bridgehead atoms. The van der Waals surface area contributed by atoms with Gasteiger partial charge in [0.25, 0.3) is 0 Å². The number of ether oxygens (including phenoxy) is 1. The van der Waals surface area contributed by atoms with E-state index in [0.29, 0.717) is 13.1 Å². The lowest BCUT2D eigenvalue weighted by Gasteiger charge is -2.44. The van der Waals surface area contributed by atoms with E-state index in [2.05, 4.69) is 17.9 Å². The quantitative estimate of drug-likeness (QED) is 0.473. The van der Waals surface area contributed by atoms with Gasteiger partial charge >= 0.3 is 0 Å². The molecule has 1 fully saturated rings. The predicted molar refractivity (Wildman–Crippen MR) is 115 cm³/mol. The number of aliphatic hydroxyl groups excluding tert-OH is 1. The van der Waals surface area contributed by atoms with E-state index in [1.807, 2.05) is 25.2 Å². The number of likely N-dealkylation sites (tertiary alicyclic amines) is 1. The number of aryl methyl sites for hydroxylation is 1. The van der Waals surface area contributed by atoms with E-state index in [1.165, 1.54) is 15.3 Å². The van der Waals surface area contributed by atoms with Crippen molar-refractivity contribution in [2.45, 2.75) is 52.1 Å². The van der Waals surface area contributed by atoms with Crippen LogP contribution in [0.5, 0.6) is 0 Å². The minimum Gasteiger partial charge on any atom is -0.400 e. The lowest BCUT2D eigenvalue weighted by Crippen LogP contribution is -2.47. The van der Waals surface area contributed by atoms with Gasteiger partial charge in [-0.15, -0.1) is 11.3 Å². The van der Waals surface area contributed by atoms with Crippen LogP contribution >= 0.6 is 11.3 Å². The van der Waals surface area contributed by atoms with E-state index < -0.39 is 0 Å². The molecule has 0 unspecified atom stereocenters. The second kappa shape index (κ2) is 8.71. The summed E-state index contributed by atoms with van der Waals surface area (Å²) in [4.78, 5) is 5.38. The van der Waals surface area contributed by atoms with Crippen molar-refractivity contribution in [3.63, 3.8) is 0 Å². The van der Waals surface area contributed by atoms with Gasteiger partial charge in [-0.1, -0.05) is 20.8 Å². The molecule has 1 spiro atoms. The average Bonchev–Trinajstić information content (AvgIpc) is 3.08. The molecule has 1 aromatic heterocycles. The fraction of sp³-hybridized carbons (Fsp3) is 0.714. The Hall–Kier alpha value is -1.12. The number of nitrogens with zero attached hydrogens (tertiary/aromatic N) is 2. The molecule has 2 aliphatic heterocycles. The van der Waals surface area contributed by atoms with E-state index in [9.17, 15) is 5.11 Å². The summed E-state index contributed by atoms with van der Waals surface area (Å²) in [5.41, 5.74) is 8.09. The minimum absolute atomic E-state index is 0.0902. The van der Waals surface area contributed by atoms with Crippen LogP contribution in [0.3, 0.4) is 0 Å². The maximum Gasteiger partial charge on any atom is 0.0966 e. The molecule has 158 valence electrons. The van der Waals surface area contributed by atoms with Gasteiger partial charge in [0, 0.05) is 66.3 Å². The summed E-state index contributed by atoms with van der Waals surface area (Å²) >= 11 is 1.97.